The number of halogens is 1. The van der Waals surface area contributed by atoms with Crippen LogP contribution in [0.2, 0.25) is 5.02 Å². The topological polar surface area (TPSA) is 51.0 Å². The van der Waals surface area contributed by atoms with E-state index in [4.69, 9.17) is 16.1 Å². The summed E-state index contributed by atoms with van der Waals surface area (Å²) in [6, 6.07) is 8.15. The predicted molar refractivity (Wildman–Crippen MR) is 65.1 cm³/mol. The van der Waals surface area contributed by atoms with Gasteiger partial charge in [-0.1, -0.05) is 28.9 Å². The van der Waals surface area contributed by atoms with E-state index in [0.29, 0.717) is 18.5 Å². The van der Waals surface area contributed by atoms with Gasteiger partial charge in [-0.25, -0.2) is 0 Å². The minimum atomic E-state index is 0.479. The first kappa shape index (κ1) is 10.6. The van der Waals surface area contributed by atoms with Crippen molar-refractivity contribution in [2.45, 2.75) is 25.3 Å². The summed E-state index contributed by atoms with van der Waals surface area (Å²) in [6.07, 6.45) is 2.35. The van der Waals surface area contributed by atoms with Crippen molar-refractivity contribution in [2.24, 2.45) is 0 Å². The molecule has 1 aromatic carbocycles. The lowest BCUT2D eigenvalue weighted by Crippen LogP contribution is -1.99. The third kappa shape index (κ3) is 2.58. The van der Waals surface area contributed by atoms with Crippen LogP contribution in [0.25, 0.3) is 0 Å². The van der Waals surface area contributed by atoms with E-state index in [1.807, 2.05) is 24.3 Å². The van der Waals surface area contributed by atoms with Crippen LogP contribution in [0.4, 0.5) is 6.01 Å². The van der Waals surface area contributed by atoms with Crippen LogP contribution in [0, 0.1) is 0 Å². The van der Waals surface area contributed by atoms with Crippen LogP contribution in [0.3, 0.4) is 0 Å². The highest BCUT2D eigenvalue weighted by molar-refractivity contribution is 6.30. The zero-order chi connectivity index (χ0) is 11.7. The number of nitrogens with zero attached hydrogens (tertiary/aromatic N) is 2. The Kier molecular flexibility index (Phi) is 2.73. The quantitative estimate of drug-likeness (QED) is 0.904. The van der Waals surface area contributed by atoms with E-state index in [2.05, 4.69) is 15.5 Å². The highest BCUT2D eigenvalue weighted by Gasteiger charge is 2.28. The number of hydrogen-bond acceptors (Lipinski definition) is 4. The van der Waals surface area contributed by atoms with E-state index in [9.17, 15) is 0 Å². The van der Waals surface area contributed by atoms with Crippen molar-refractivity contribution in [1.82, 2.24) is 10.1 Å². The standard InChI is InChI=1S/C12H12ClN3O/c13-10-3-1-2-8(6-10)7-14-12-15-11(16-17-12)9-4-5-9/h1-3,6,9H,4-5,7H2,(H,14,15,16). The van der Waals surface area contributed by atoms with Crippen LogP contribution in [0.5, 0.6) is 0 Å². The van der Waals surface area contributed by atoms with Crippen LogP contribution in [0.1, 0.15) is 30.1 Å². The molecule has 1 saturated carbocycles. The zero-order valence-electron chi connectivity index (χ0n) is 9.19. The molecule has 3 rings (SSSR count). The van der Waals surface area contributed by atoms with Crippen molar-refractivity contribution >= 4 is 17.6 Å². The third-order valence-corrected chi connectivity index (χ3v) is 2.95. The summed E-state index contributed by atoms with van der Waals surface area (Å²) in [6.45, 7) is 0.632. The molecular formula is C12H12ClN3O. The van der Waals surface area contributed by atoms with Crippen LogP contribution >= 0.6 is 11.6 Å². The molecule has 0 aliphatic heterocycles. The van der Waals surface area contributed by atoms with Gasteiger partial charge in [0.25, 0.3) is 0 Å². The molecule has 0 spiro atoms. The first-order chi connectivity index (χ1) is 8.31. The summed E-state index contributed by atoms with van der Waals surface area (Å²) >= 11 is 5.90. The molecule has 88 valence electrons. The molecule has 0 amide bonds. The second-order valence-corrected chi connectivity index (χ2v) is 4.65. The predicted octanol–water partition coefficient (Wildman–Crippen LogP) is 3.21. The molecule has 0 saturated heterocycles. The van der Waals surface area contributed by atoms with Crippen molar-refractivity contribution < 1.29 is 4.52 Å². The lowest BCUT2D eigenvalue weighted by Gasteiger charge is -2.01. The Labute approximate surface area is 104 Å². The lowest BCUT2D eigenvalue weighted by atomic mass is 10.2. The van der Waals surface area contributed by atoms with E-state index in [1.165, 1.54) is 12.8 Å². The van der Waals surface area contributed by atoms with Crippen molar-refractivity contribution in [3.63, 3.8) is 0 Å². The largest absolute Gasteiger partial charge is 0.334 e. The van der Waals surface area contributed by atoms with Gasteiger partial charge < -0.3 is 9.84 Å². The molecule has 0 radical (unpaired) electrons. The molecule has 0 unspecified atom stereocenters. The molecule has 1 aliphatic rings. The Hall–Kier alpha value is -1.55. The maximum Gasteiger partial charge on any atom is 0.321 e. The minimum Gasteiger partial charge on any atom is -0.334 e. The maximum absolute atomic E-state index is 5.90. The smallest absolute Gasteiger partial charge is 0.321 e. The van der Waals surface area contributed by atoms with Crippen molar-refractivity contribution in [3.05, 3.63) is 40.7 Å². The van der Waals surface area contributed by atoms with E-state index in [-0.39, 0.29) is 0 Å². The minimum absolute atomic E-state index is 0.479. The average molecular weight is 250 g/mol. The van der Waals surface area contributed by atoms with E-state index in [1.54, 1.807) is 0 Å². The van der Waals surface area contributed by atoms with Gasteiger partial charge in [-0.05, 0) is 30.5 Å². The fraction of sp³-hybridized carbons (Fsp3) is 0.333. The summed E-state index contributed by atoms with van der Waals surface area (Å²) < 4.78 is 5.11. The molecule has 1 aliphatic carbocycles. The normalized spacial score (nSPS) is 14.9. The fourth-order valence-electron chi connectivity index (χ4n) is 1.64. The van der Waals surface area contributed by atoms with Gasteiger partial charge in [0.1, 0.15) is 0 Å². The van der Waals surface area contributed by atoms with Crippen molar-refractivity contribution in [2.75, 3.05) is 5.32 Å². The van der Waals surface area contributed by atoms with E-state index >= 15 is 0 Å². The van der Waals surface area contributed by atoms with Crippen LogP contribution in [-0.2, 0) is 6.54 Å². The Morgan fingerprint density at radius 2 is 2.29 bits per heavy atom. The van der Waals surface area contributed by atoms with Gasteiger partial charge >= 0.3 is 6.01 Å². The molecular weight excluding hydrogens is 238 g/mol. The van der Waals surface area contributed by atoms with E-state index < -0.39 is 0 Å². The van der Waals surface area contributed by atoms with Gasteiger partial charge in [0, 0.05) is 17.5 Å². The second kappa shape index (κ2) is 4.37. The highest BCUT2D eigenvalue weighted by atomic mass is 35.5. The second-order valence-electron chi connectivity index (χ2n) is 4.22. The average Bonchev–Trinajstić information content (AvgIpc) is 3.07. The molecule has 4 nitrogen and oxygen atoms in total. The van der Waals surface area contributed by atoms with Gasteiger partial charge in [-0.3, -0.25) is 0 Å². The maximum atomic E-state index is 5.90. The Morgan fingerprint density at radius 1 is 1.41 bits per heavy atom. The van der Waals surface area contributed by atoms with Gasteiger partial charge in [-0.15, -0.1) is 0 Å². The van der Waals surface area contributed by atoms with Crippen LogP contribution in [-0.4, -0.2) is 10.1 Å². The number of anilines is 1. The lowest BCUT2D eigenvalue weighted by molar-refractivity contribution is 0.422. The summed E-state index contributed by atoms with van der Waals surface area (Å²) in [5.74, 6) is 1.33. The first-order valence-corrected chi connectivity index (χ1v) is 6.01. The fourth-order valence-corrected chi connectivity index (χ4v) is 1.85. The van der Waals surface area contributed by atoms with Crippen molar-refractivity contribution in [1.29, 1.82) is 0 Å². The Morgan fingerprint density at radius 3 is 3.06 bits per heavy atom. The first-order valence-electron chi connectivity index (χ1n) is 5.63. The number of hydrogen-bond donors (Lipinski definition) is 1. The molecule has 1 fully saturated rings. The van der Waals surface area contributed by atoms with Gasteiger partial charge in [0.2, 0.25) is 0 Å². The molecule has 0 bridgehead atoms. The molecule has 5 heteroatoms. The van der Waals surface area contributed by atoms with Crippen molar-refractivity contribution in [3.8, 4) is 0 Å². The Balaban J connectivity index is 1.62. The monoisotopic (exact) mass is 249 g/mol. The van der Waals surface area contributed by atoms with Gasteiger partial charge in [-0.2, -0.15) is 4.98 Å². The number of benzene rings is 1. The molecule has 0 atom stereocenters. The van der Waals surface area contributed by atoms with Crippen LogP contribution in [0.15, 0.2) is 28.8 Å². The summed E-state index contributed by atoms with van der Waals surface area (Å²) in [5.41, 5.74) is 1.09. The van der Waals surface area contributed by atoms with Crippen LogP contribution < -0.4 is 5.32 Å². The molecule has 1 heterocycles. The number of aromatic nitrogens is 2. The third-order valence-electron chi connectivity index (χ3n) is 2.72. The zero-order valence-corrected chi connectivity index (χ0v) is 9.94. The summed E-state index contributed by atoms with van der Waals surface area (Å²) in [7, 11) is 0. The Bertz CT molecular complexity index is 522. The molecule has 2 aromatic rings. The molecule has 17 heavy (non-hydrogen) atoms. The highest BCUT2D eigenvalue weighted by Crippen LogP contribution is 2.38. The molecule has 1 N–H and O–H groups in total. The van der Waals surface area contributed by atoms with Gasteiger partial charge in [0.15, 0.2) is 5.82 Å². The summed E-state index contributed by atoms with van der Waals surface area (Å²) in [5, 5.41) is 7.76. The SMILES string of the molecule is Clc1cccc(CNc2nc(C3CC3)no2)c1. The number of rotatable bonds is 4. The van der Waals surface area contributed by atoms with Gasteiger partial charge in [0.05, 0.1) is 0 Å². The molecule has 1 aromatic heterocycles. The van der Waals surface area contributed by atoms with E-state index in [0.717, 1.165) is 16.4 Å². The summed E-state index contributed by atoms with van der Waals surface area (Å²) in [4.78, 5) is 4.29. The number of nitrogens with one attached hydrogen (secondary N) is 1.